The molecule has 1 N–H and O–H groups in total. The maximum absolute atomic E-state index is 11.8. The molecule has 206 valence electrons. The smallest absolute Gasteiger partial charge is 0.306 e. The van der Waals surface area contributed by atoms with Crippen LogP contribution in [-0.2, 0) is 29.9 Å². The predicted octanol–water partition coefficient (Wildman–Crippen LogP) is 6.80. The topological polar surface area (TPSA) is 72.8 Å². The van der Waals surface area contributed by atoms with Crippen LogP contribution in [0.3, 0.4) is 0 Å². The van der Waals surface area contributed by atoms with Crippen LogP contribution in [0.25, 0.3) is 0 Å². The monoisotopic (exact) mass is 520 g/mol. The summed E-state index contributed by atoms with van der Waals surface area (Å²) in [6, 6.07) is 20.8. The van der Waals surface area contributed by atoms with Gasteiger partial charge in [0, 0.05) is 23.7 Å². The summed E-state index contributed by atoms with van der Waals surface area (Å²) < 4.78 is 11.4. The van der Waals surface area contributed by atoms with Gasteiger partial charge in [-0.1, -0.05) is 100 Å². The number of rotatable bonds is 14. The van der Waals surface area contributed by atoms with Gasteiger partial charge in [0.05, 0.1) is 6.10 Å². The zero-order chi connectivity index (χ0) is 27.0. The summed E-state index contributed by atoms with van der Waals surface area (Å²) >= 11 is 0. The number of carbonyl (C=O) groups is 2. The van der Waals surface area contributed by atoms with E-state index in [1.54, 1.807) is 0 Å². The van der Waals surface area contributed by atoms with Crippen LogP contribution >= 0.6 is 0 Å². The summed E-state index contributed by atoms with van der Waals surface area (Å²) in [5.41, 5.74) is 2.03. The van der Waals surface area contributed by atoms with E-state index in [2.05, 4.69) is 38.1 Å². The molecule has 2 heterocycles. The average molecular weight is 521 g/mol. The third kappa shape index (κ3) is 6.85. The Kier molecular flexibility index (Phi) is 9.64. The van der Waals surface area contributed by atoms with E-state index in [1.807, 2.05) is 36.4 Å². The third-order valence-corrected chi connectivity index (χ3v) is 9.02. The molecule has 0 radical (unpaired) electrons. The fraction of sp³-hybridized carbons (Fsp3) is 0.576. The highest BCUT2D eigenvalue weighted by Crippen LogP contribution is 2.41. The Morgan fingerprint density at radius 2 is 1.11 bits per heavy atom. The van der Waals surface area contributed by atoms with Gasteiger partial charge in [0.15, 0.2) is 0 Å². The minimum absolute atomic E-state index is 0.0830. The van der Waals surface area contributed by atoms with Crippen molar-refractivity contribution in [3.8, 4) is 0 Å². The molecule has 0 saturated carbocycles. The molecule has 4 unspecified atom stereocenters. The largest absolute Gasteiger partial charge is 0.461 e. The maximum atomic E-state index is 11.8. The minimum atomic E-state index is -0.311. The summed E-state index contributed by atoms with van der Waals surface area (Å²) in [4.78, 5) is 23.7. The van der Waals surface area contributed by atoms with Gasteiger partial charge in [0.25, 0.3) is 0 Å². The molecule has 2 aromatic carbocycles. The average Bonchev–Trinajstić information content (AvgIpc) is 3.58. The van der Waals surface area contributed by atoms with Crippen molar-refractivity contribution in [1.82, 2.24) is 0 Å². The SMILES string of the molecule is CC(CCCCC(O)CCCCC(C)(c1ccccc1)C1CCC(=O)O1)(c1ccccc1)C1CCC(=O)O1. The van der Waals surface area contributed by atoms with E-state index in [0.29, 0.717) is 12.8 Å². The number of cyclic esters (lactones) is 2. The second-order valence-corrected chi connectivity index (χ2v) is 11.7. The summed E-state index contributed by atoms with van der Waals surface area (Å²) in [7, 11) is 0. The van der Waals surface area contributed by atoms with Crippen molar-refractivity contribution >= 4 is 11.9 Å². The second-order valence-electron chi connectivity index (χ2n) is 11.7. The molecule has 5 nitrogen and oxygen atoms in total. The number of unbranched alkanes of at least 4 members (excludes halogenated alkanes) is 2. The molecule has 2 fully saturated rings. The molecule has 4 atom stereocenters. The molecule has 4 rings (SSSR count). The van der Waals surface area contributed by atoms with Gasteiger partial charge in [-0.15, -0.1) is 0 Å². The number of hydrogen-bond donors (Lipinski definition) is 1. The first-order valence-electron chi connectivity index (χ1n) is 14.5. The normalized spacial score (nSPS) is 23.3. The molecule has 2 aliphatic heterocycles. The lowest BCUT2D eigenvalue weighted by Crippen LogP contribution is -2.36. The van der Waals surface area contributed by atoms with E-state index in [9.17, 15) is 14.7 Å². The van der Waals surface area contributed by atoms with Crippen LogP contribution in [0.2, 0.25) is 0 Å². The summed E-state index contributed by atoms with van der Waals surface area (Å²) in [6.45, 7) is 4.43. The number of ether oxygens (including phenoxy) is 2. The maximum Gasteiger partial charge on any atom is 0.306 e. The summed E-state index contributed by atoms with van der Waals surface area (Å²) in [5, 5.41) is 10.7. The van der Waals surface area contributed by atoms with Gasteiger partial charge in [-0.05, 0) is 49.7 Å². The van der Waals surface area contributed by atoms with Gasteiger partial charge < -0.3 is 14.6 Å². The highest BCUT2D eigenvalue weighted by Gasteiger charge is 2.42. The lowest BCUT2D eigenvalue weighted by Gasteiger charge is -2.35. The van der Waals surface area contributed by atoms with Gasteiger partial charge >= 0.3 is 11.9 Å². The molecule has 0 aliphatic carbocycles. The standard InChI is InChI=1S/C33H44O5/c1-32(25-13-5-3-6-14-25,28-19-21-30(35)37-28)23-11-9-17-27(34)18-10-12-24-33(2,26-15-7-4-8-16-26)29-20-22-31(36)38-29/h3-8,13-16,27-29,34H,9-12,17-24H2,1-2H3. The van der Waals surface area contributed by atoms with Gasteiger partial charge in [-0.3, -0.25) is 9.59 Å². The van der Waals surface area contributed by atoms with Crippen molar-refractivity contribution in [2.45, 2.75) is 120 Å². The Balaban J connectivity index is 1.22. The van der Waals surface area contributed by atoms with E-state index in [4.69, 9.17) is 9.47 Å². The van der Waals surface area contributed by atoms with Gasteiger partial charge in [0.2, 0.25) is 0 Å². The lowest BCUT2D eigenvalue weighted by molar-refractivity contribution is -0.144. The second kappa shape index (κ2) is 12.9. The van der Waals surface area contributed by atoms with Crippen molar-refractivity contribution in [2.24, 2.45) is 0 Å². The van der Waals surface area contributed by atoms with Crippen molar-refractivity contribution in [2.75, 3.05) is 0 Å². The lowest BCUT2D eigenvalue weighted by atomic mass is 9.72. The number of aliphatic hydroxyl groups excluding tert-OH is 1. The fourth-order valence-electron chi connectivity index (χ4n) is 6.46. The van der Waals surface area contributed by atoms with Crippen LogP contribution < -0.4 is 0 Å². The van der Waals surface area contributed by atoms with Crippen LogP contribution in [0, 0.1) is 0 Å². The molecule has 5 heteroatoms. The molecule has 0 aromatic heterocycles. The molecule has 0 spiro atoms. The molecular weight excluding hydrogens is 476 g/mol. The summed E-state index contributed by atoms with van der Waals surface area (Å²) in [6.07, 6.45) is 9.35. The zero-order valence-electron chi connectivity index (χ0n) is 23.1. The number of benzene rings is 2. The Hall–Kier alpha value is -2.66. The molecule has 2 aromatic rings. The third-order valence-electron chi connectivity index (χ3n) is 9.02. The van der Waals surface area contributed by atoms with Crippen LogP contribution in [0.4, 0.5) is 0 Å². The van der Waals surface area contributed by atoms with Gasteiger partial charge in [-0.2, -0.15) is 0 Å². The number of carbonyl (C=O) groups excluding carboxylic acids is 2. The minimum Gasteiger partial charge on any atom is -0.461 e. The molecule has 0 bridgehead atoms. The zero-order valence-corrected chi connectivity index (χ0v) is 23.1. The van der Waals surface area contributed by atoms with E-state index in [1.165, 1.54) is 11.1 Å². The highest BCUT2D eigenvalue weighted by atomic mass is 16.6. The Morgan fingerprint density at radius 3 is 1.45 bits per heavy atom. The summed E-state index contributed by atoms with van der Waals surface area (Å²) in [5.74, 6) is -0.191. The van der Waals surface area contributed by atoms with E-state index < -0.39 is 0 Å². The first-order valence-corrected chi connectivity index (χ1v) is 14.5. The van der Waals surface area contributed by atoms with Crippen molar-refractivity contribution in [3.05, 3.63) is 71.8 Å². The van der Waals surface area contributed by atoms with Crippen molar-refractivity contribution in [3.63, 3.8) is 0 Å². The van der Waals surface area contributed by atoms with Crippen LogP contribution in [0.5, 0.6) is 0 Å². The predicted molar refractivity (Wildman–Crippen MR) is 149 cm³/mol. The first-order chi connectivity index (χ1) is 18.3. The first kappa shape index (κ1) is 28.4. The molecule has 2 aliphatic rings. The van der Waals surface area contributed by atoms with Crippen molar-refractivity contribution in [1.29, 1.82) is 0 Å². The number of esters is 2. The van der Waals surface area contributed by atoms with Gasteiger partial charge in [-0.25, -0.2) is 0 Å². The van der Waals surface area contributed by atoms with Crippen LogP contribution in [-0.4, -0.2) is 35.4 Å². The van der Waals surface area contributed by atoms with E-state index in [-0.39, 0.29) is 41.1 Å². The van der Waals surface area contributed by atoms with E-state index >= 15 is 0 Å². The van der Waals surface area contributed by atoms with E-state index in [0.717, 1.165) is 64.2 Å². The Morgan fingerprint density at radius 1 is 0.711 bits per heavy atom. The fourth-order valence-corrected chi connectivity index (χ4v) is 6.46. The number of aliphatic hydroxyl groups is 1. The van der Waals surface area contributed by atoms with Crippen LogP contribution in [0.1, 0.15) is 102 Å². The Bertz CT molecular complexity index is 954. The van der Waals surface area contributed by atoms with Crippen LogP contribution in [0.15, 0.2) is 60.7 Å². The molecule has 2 saturated heterocycles. The molecular formula is C33H44O5. The molecule has 38 heavy (non-hydrogen) atoms. The number of hydrogen-bond acceptors (Lipinski definition) is 5. The quantitative estimate of drug-likeness (QED) is 0.219. The van der Waals surface area contributed by atoms with Gasteiger partial charge in [0.1, 0.15) is 12.2 Å². The Labute approximate surface area is 227 Å². The molecule has 0 amide bonds. The van der Waals surface area contributed by atoms with Crippen molar-refractivity contribution < 1.29 is 24.2 Å². The highest BCUT2D eigenvalue weighted by molar-refractivity contribution is 5.72.